The summed E-state index contributed by atoms with van der Waals surface area (Å²) in [5.41, 5.74) is 5.29. The van der Waals surface area contributed by atoms with E-state index >= 15 is 0 Å². The minimum Gasteiger partial charge on any atom is -0.481 e. The van der Waals surface area contributed by atoms with Gasteiger partial charge in [0.15, 0.2) is 9.84 Å². The van der Waals surface area contributed by atoms with E-state index in [0.29, 0.717) is 0 Å². The second-order valence-corrected chi connectivity index (χ2v) is 9.49. The van der Waals surface area contributed by atoms with Crippen molar-refractivity contribution in [3.63, 3.8) is 0 Å². The number of nitrogens with two attached hydrogens (primary N) is 1. The summed E-state index contributed by atoms with van der Waals surface area (Å²) in [6, 6.07) is 5.42. The van der Waals surface area contributed by atoms with Crippen molar-refractivity contribution < 1.29 is 28.2 Å². The van der Waals surface area contributed by atoms with Crippen LogP contribution in [0.25, 0.3) is 6.08 Å². The van der Waals surface area contributed by atoms with Gasteiger partial charge in [0.05, 0.1) is 10.7 Å². The van der Waals surface area contributed by atoms with Crippen molar-refractivity contribution in [1.29, 1.82) is 0 Å². The zero-order chi connectivity index (χ0) is 21.1. The molecule has 1 aliphatic rings. The number of carbonyl (C=O) groups is 2. The fourth-order valence-corrected chi connectivity index (χ4v) is 5.03. The van der Waals surface area contributed by atoms with Crippen LogP contribution in [0.2, 0.25) is 0 Å². The van der Waals surface area contributed by atoms with E-state index in [1.807, 2.05) is 6.07 Å². The Hall–Kier alpha value is -2.23. The van der Waals surface area contributed by atoms with Gasteiger partial charge in [-0.1, -0.05) is 40.2 Å². The van der Waals surface area contributed by atoms with Gasteiger partial charge in [0.2, 0.25) is 0 Å². The van der Waals surface area contributed by atoms with Crippen molar-refractivity contribution in [3.05, 3.63) is 62.5 Å². The largest absolute Gasteiger partial charge is 0.481 e. The van der Waals surface area contributed by atoms with Crippen LogP contribution in [0.3, 0.4) is 0 Å². The van der Waals surface area contributed by atoms with Gasteiger partial charge in [0.25, 0.3) is 0 Å². The predicted octanol–water partition coefficient (Wildman–Crippen LogP) is 2.73. The summed E-state index contributed by atoms with van der Waals surface area (Å²) in [5.74, 6) is -3.08. The van der Waals surface area contributed by atoms with Gasteiger partial charge in [0.1, 0.15) is 5.41 Å². The van der Waals surface area contributed by atoms with Crippen LogP contribution in [0.4, 0.5) is 0 Å². The van der Waals surface area contributed by atoms with Crippen molar-refractivity contribution in [1.82, 2.24) is 0 Å². The van der Waals surface area contributed by atoms with Gasteiger partial charge in [-0.15, -0.1) is 0 Å². The topological polar surface area (TPSA) is 135 Å². The molecule has 1 aliphatic carbocycles. The molecule has 0 saturated carbocycles. The Labute approximate surface area is 171 Å². The second-order valence-electron chi connectivity index (χ2n) is 6.57. The molecule has 0 aromatic heterocycles. The molecular formula is C19H20BrNO6S. The maximum atomic E-state index is 12.8. The smallest absolute Gasteiger partial charge is 0.331 e. The molecule has 4 N–H and O–H groups in total. The van der Waals surface area contributed by atoms with Gasteiger partial charge >= 0.3 is 11.9 Å². The molecule has 0 unspecified atom stereocenters. The third-order valence-corrected chi connectivity index (χ3v) is 6.92. The Balaban J connectivity index is 2.35. The summed E-state index contributed by atoms with van der Waals surface area (Å²) in [7, 11) is -3.97. The summed E-state index contributed by atoms with van der Waals surface area (Å²) in [6.07, 6.45) is 4.86. The van der Waals surface area contributed by atoms with Gasteiger partial charge in [-0.2, -0.15) is 0 Å². The number of carboxylic acids is 2. The number of aliphatic carboxylic acids is 2. The molecule has 9 heteroatoms. The summed E-state index contributed by atoms with van der Waals surface area (Å²) >= 11 is 3.34. The Kier molecular flexibility index (Phi) is 6.63. The van der Waals surface area contributed by atoms with Crippen LogP contribution in [0.5, 0.6) is 0 Å². The van der Waals surface area contributed by atoms with Gasteiger partial charge in [-0.25, -0.2) is 13.2 Å². The Morgan fingerprint density at radius 2 is 1.96 bits per heavy atom. The zero-order valence-electron chi connectivity index (χ0n) is 15.1. The lowest BCUT2D eigenvalue weighted by Crippen LogP contribution is -2.36. The summed E-state index contributed by atoms with van der Waals surface area (Å²) < 4.78 is 26.4. The van der Waals surface area contributed by atoms with E-state index in [1.165, 1.54) is 13.0 Å². The van der Waals surface area contributed by atoms with Gasteiger partial charge < -0.3 is 15.9 Å². The maximum Gasteiger partial charge on any atom is 0.331 e. The van der Waals surface area contributed by atoms with Crippen molar-refractivity contribution in [3.8, 4) is 0 Å². The lowest BCUT2D eigenvalue weighted by molar-refractivity contribution is -0.145. The first-order valence-electron chi connectivity index (χ1n) is 8.27. The maximum absolute atomic E-state index is 12.8. The quantitative estimate of drug-likeness (QED) is 0.558. The fourth-order valence-electron chi connectivity index (χ4n) is 2.97. The lowest BCUT2D eigenvalue weighted by Gasteiger charge is -2.30. The van der Waals surface area contributed by atoms with Gasteiger partial charge in [-0.3, -0.25) is 4.79 Å². The first kappa shape index (κ1) is 22.1. The first-order chi connectivity index (χ1) is 13.0. The average Bonchev–Trinajstić information content (AvgIpc) is 2.62. The number of halogens is 1. The van der Waals surface area contributed by atoms with Crippen LogP contribution < -0.4 is 5.73 Å². The standard InChI is InChI=1S/C19H20BrNO6S/c1-19(18(24)25)10-13(17(22)23)5-7-16(19)28(26,27)8-2-3-12-4-6-15(20)9-14(12)11-21/h2-7,9H,8,10-11,21H2,1H3,(H,22,23)(H,24,25)/t19-/m1/s1. The molecule has 7 nitrogen and oxygen atoms in total. The highest BCUT2D eigenvalue weighted by Crippen LogP contribution is 2.41. The highest BCUT2D eigenvalue weighted by atomic mass is 79.9. The van der Waals surface area contributed by atoms with Crippen LogP contribution >= 0.6 is 15.9 Å². The molecular weight excluding hydrogens is 450 g/mol. The number of benzene rings is 1. The molecule has 0 fully saturated rings. The van der Waals surface area contributed by atoms with Crippen molar-refractivity contribution >= 4 is 43.8 Å². The van der Waals surface area contributed by atoms with Crippen LogP contribution in [-0.2, 0) is 26.0 Å². The SMILES string of the molecule is C[C@@]1(C(=O)O)CC(C(=O)O)=CC=C1S(=O)(=O)CC=Cc1ccc(Br)cc1CN. The third kappa shape index (κ3) is 4.60. The molecule has 0 radical (unpaired) electrons. The molecule has 0 heterocycles. The van der Waals surface area contributed by atoms with E-state index < -0.39 is 39.4 Å². The summed E-state index contributed by atoms with van der Waals surface area (Å²) in [5, 5.41) is 18.7. The minimum absolute atomic E-state index is 0.151. The normalized spacial score (nSPS) is 20.0. The molecule has 0 spiro atoms. The Bertz CT molecular complexity index is 1010. The van der Waals surface area contributed by atoms with Crippen LogP contribution in [-0.4, -0.2) is 36.3 Å². The first-order valence-corrected chi connectivity index (χ1v) is 10.7. The Morgan fingerprint density at radius 1 is 1.29 bits per heavy atom. The molecule has 0 aliphatic heterocycles. The average molecular weight is 470 g/mol. The number of hydrogen-bond donors (Lipinski definition) is 3. The summed E-state index contributed by atoms with van der Waals surface area (Å²) in [4.78, 5) is 22.6. The minimum atomic E-state index is -3.97. The third-order valence-electron chi connectivity index (χ3n) is 4.54. The number of hydrogen-bond acceptors (Lipinski definition) is 5. The second kappa shape index (κ2) is 8.42. The molecule has 1 aromatic rings. The van der Waals surface area contributed by atoms with Crippen molar-refractivity contribution in [2.24, 2.45) is 11.1 Å². The number of allylic oxidation sites excluding steroid dienone is 2. The number of sulfone groups is 1. The van der Waals surface area contributed by atoms with Crippen molar-refractivity contribution in [2.45, 2.75) is 19.9 Å². The highest BCUT2D eigenvalue weighted by Gasteiger charge is 2.46. The molecule has 0 amide bonds. The molecule has 0 saturated heterocycles. The molecule has 28 heavy (non-hydrogen) atoms. The lowest BCUT2D eigenvalue weighted by atomic mass is 9.80. The van der Waals surface area contributed by atoms with Gasteiger partial charge in [0, 0.05) is 23.0 Å². The van der Waals surface area contributed by atoms with E-state index in [9.17, 15) is 23.1 Å². The molecule has 150 valence electrons. The van der Waals surface area contributed by atoms with Crippen LogP contribution in [0.15, 0.2) is 51.4 Å². The van der Waals surface area contributed by atoms with E-state index in [1.54, 1.807) is 18.2 Å². The van der Waals surface area contributed by atoms with Crippen LogP contribution in [0, 0.1) is 5.41 Å². The zero-order valence-corrected chi connectivity index (χ0v) is 17.5. The van der Waals surface area contributed by atoms with E-state index in [4.69, 9.17) is 10.8 Å². The molecule has 1 atom stereocenters. The van der Waals surface area contributed by atoms with E-state index in [0.717, 1.165) is 27.8 Å². The number of carboxylic acid groups (broad SMARTS) is 2. The molecule has 0 bridgehead atoms. The van der Waals surface area contributed by atoms with E-state index in [2.05, 4.69) is 15.9 Å². The monoisotopic (exact) mass is 469 g/mol. The molecule has 1 aromatic carbocycles. The van der Waals surface area contributed by atoms with E-state index in [-0.39, 0.29) is 17.0 Å². The van der Waals surface area contributed by atoms with Crippen LogP contribution in [0.1, 0.15) is 24.5 Å². The molecule has 2 rings (SSSR count). The predicted molar refractivity (Wildman–Crippen MR) is 109 cm³/mol. The Morgan fingerprint density at radius 3 is 2.54 bits per heavy atom. The van der Waals surface area contributed by atoms with Gasteiger partial charge in [-0.05, 0) is 36.3 Å². The van der Waals surface area contributed by atoms with Crippen molar-refractivity contribution in [2.75, 3.05) is 5.75 Å². The summed E-state index contributed by atoms with van der Waals surface area (Å²) in [6.45, 7) is 1.50. The highest BCUT2D eigenvalue weighted by molar-refractivity contribution is 9.10. The number of rotatable bonds is 7. The fraction of sp³-hybridized carbons (Fsp3) is 0.263.